The van der Waals surface area contributed by atoms with Gasteiger partial charge in [0.05, 0.1) is 12.5 Å². The van der Waals surface area contributed by atoms with E-state index in [1.54, 1.807) is 0 Å². The molecule has 0 saturated carbocycles. The number of rotatable bonds is 5. The van der Waals surface area contributed by atoms with Crippen LogP contribution >= 0.6 is 0 Å². The van der Waals surface area contributed by atoms with E-state index in [1.807, 2.05) is 0 Å². The molecule has 4 nitrogen and oxygen atoms in total. The van der Waals surface area contributed by atoms with Crippen molar-refractivity contribution in [2.45, 2.75) is 19.3 Å². The fraction of sp³-hybridized carbons (Fsp3) is 0.889. The molecule has 0 aromatic rings. The van der Waals surface area contributed by atoms with Gasteiger partial charge < -0.3 is 15.8 Å². The Balaban J connectivity index is 2.03. The Labute approximate surface area is 78.8 Å². The van der Waals surface area contributed by atoms with Crippen LogP contribution in [-0.2, 0) is 9.53 Å². The maximum absolute atomic E-state index is 11.4. The largest absolute Gasteiger partial charge is 0.381 e. The van der Waals surface area contributed by atoms with Crippen molar-refractivity contribution >= 4 is 5.91 Å². The minimum absolute atomic E-state index is 0.0814. The van der Waals surface area contributed by atoms with Crippen molar-refractivity contribution in [2.75, 3.05) is 26.3 Å². The van der Waals surface area contributed by atoms with E-state index in [-0.39, 0.29) is 11.8 Å². The van der Waals surface area contributed by atoms with Gasteiger partial charge in [0.15, 0.2) is 0 Å². The average molecular weight is 186 g/mol. The van der Waals surface area contributed by atoms with Gasteiger partial charge in [-0.25, -0.2) is 0 Å². The monoisotopic (exact) mass is 186 g/mol. The van der Waals surface area contributed by atoms with Gasteiger partial charge in [0.25, 0.3) is 0 Å². The zero-order valence-corrected chi connectivity index (χ0v) is 7.92. The van der Waals surface area contributed by atoms with Crippen LogP contribution in [0.4, 0.5) is 0 Å². The van der Waals surface area contributed by atoms with Crippen molar-refractivity contribution < 1.29 is 9.53 Å². The van der Waals surface area contributed by atoms with Crippen LogP contribution in [0.15, 0.2) is 0 Å². The summed E-state index contributed by atoms with van der Waals surface area (Å²) in [6, 6.07) is 0. The summed E-state index contributed by atoms with van der Waals surface area (Å²) in [7, 11) is 0. The molecule has 1 amide bonds. The fourth-order valence-corrected chi connectivity index (χ4v) is 1.37. The number of amides is 1. The molecule has 4 heteroatoms. The smallest absolute Gasteiger partial charge is 0.225 e. The zero-order chi connectivity index (χ0) is 9.52. The molecular weight excluding hydrogens is 168 g/mol. The van der Waals surface area contributed by atoms with Gasteiger partial charge in [-0.05, 0) is 25.8 Å². The van der Waals surface area contributed by atoms with Gasteiger partial charge in [-0.15, -0.1) is 0 Å². The summed E-state index contributed by atoms with van der Waals surface area (Å²) in [6.45, 7) is 2.75. The number of nitrogens with one attached hydrogen (secondary N) is 1. The van der Waals surface area contributed by atoms with Crippen molar-refractivity contribution in [2.24, 2.45) is 11.7 Å². The molecule has 1 fully saturated rings. The number of nitrogens with two attached hydrogens (primary N) is 1. The van der Waals surface area contributed by atoms with Gasteiger partial charge in [-0.2, -0.15) is 0 Å². The van der Waals surface area contributed by atoms with Crippen LogP contribution in [0.2, 0.25) is 0 Å². The summed E-state index contributed by atoms with van der Waals surface area (Å²) < 4.78 is 5.12. The lowest BCUT2D eigenvalue weighted by atomic mass is 10.1. The summed E-state index contributed by atoms with van der Waals surface area (Å²) in [6.07, 6.45) is 2.81. The fourth-order valence-electron chi connectivity index (χ4n) is 1.37. The number of hydrogen-bond donors (Lipinski definition) is 2. The van der Waals surface area contributed by atoms with E-state index in [9.17, 15) is 4.79 Å². The maximum Gasteiger partial charge on any atom is 0.225 e. The highest BCUT2D eigenvalue weighted by Gasteiger charge is 2.22. The van der Waals surface area contributed by atoms with Crippen LogP contribution in [0.25, 0.3) is 0 Å². The van der Waals surface area contributed by atoms with Gasteiger partial charge in [0.2, 0.25) is 5.91 Å². The van der Waals surface area contributed by atoms with E-state index < -0.39 is 0 Å². The first-order chi connectivity index (χ1) is 6.34. The maximum atomic E-state index is 11.4. The topological polar surface area (TPSA) is 64.3 Å². The molecule has 1 aliphatic heterocycles. The van der Waals surface area contributed by atoms with Gasteiger partial charge in [-0.1, -0.05) is 0 Å². The van der Waals surface area contributed by atoms with E-state index in [0.717, 1.165) is 32.4 Å². The first-order valence-corrected chi connectivity index (χ1v) is 4.90. The minimum Gasteiger partial charge on any atom is -0.381 e. The van der Waals surface area contributed by atoms with Crippen LogP contribution in [0.1, 0.15) is 19.3 Å². The standard InChI is InChI=1S/C9H18N2O2/c10-4-1-2-5-11-9(12)8-3-6-13-7-8/h8H,1-7,10H2,(H,11,12). The van der Waals surface area contributed by atoms with Crippen molar-refractivity contribution in [1.29, 1.82) is 0 Å². The molecule has 1 unspecified atom stereocenters. The van der Waals surface area contributed by atoms with E-state index in [0.29, 0.717) is 13.2 Å². The summed E-state index contributed by atoms with van der Waals surface area (Å²) in [5, 5.41) is 2.88. The van der Waals surface area contributed by atoms with Crippen molar-refractivity contribution in [3.63, 3.8) is 0 Å². The second-order valence-corrected chi connectivity index (χ2v) is 3.35. The molecule has 0 aromatic carbocycles. The molecule has 1 rings (SSSR count). The third kappa shape index (κ3) is 3.74. The third-order valence-electron chi connectivity index (χ3n) is 2.23. The predicted octanol–water partition coefficient (Wildman–Crippen LogP) is -0.122. The van der Waals surface area contributed by atoms with Crippen LogP contribution in [0, 0.1) is 5.92 Å². The van der Waals surface area contributed by atoms with Crippen molar-refractivity contribution in [1.82, 2.24) is 5.32 Å². The zero-order valence-electron chi connectivity index (χ0n) is 7.92. The molecule has 0 aromatic heterocycles. The number of ether oxygens (including phenoxy) is 1. The molecule has 1 atom stereocenters. The SMILES string of the molecule is NCCCCNC(=O)C1CCOC1. The lowest BCUT2D eigenvalue weighted by Gasteiger charge is -2.08. The molecule has 1 aliphatic rings. The summed E-state index contributed by atoms with van der Waals surface area (Å²) in [5.74, 6) is 0.215. The highest BCUT2D eigenvalue weighted by atomic mass is 16.5. The lowest BCUT2D eigenvalue weighted by Crippen LogP contribution is -2.31. The van der Waals surface area contributed by atoms with E-state index in [2.05, 4.69) is 5.32 Å². The Bertz CT molecular complexity index is 156. The molecule has 1 saturated heterocycles. The van der Waals surface area contributed by atoms with E-state index in [1.165, 1.54) is 0 Å². The molecule has 0 radical (unpaired) electrons. The second kappa shape index (κ2) is 5.94. The highest BCUT2D eigenvalue weighted by molar-refractivity contribution is 5.78. The second-order valence-electron chi connectivity index (χ2n) is 3.35. The minimum atomic E-state index is 0.0814. The van der Waals surface area contributed by atoms with Gasteiger partial charge in [0, 0.05) is 13.2 Å². The number of carbonyl (C=O) groups is 1. The third-order valence-corrected chi connectivity index (χ3v) is 2.23. The Morgan fingerprint density at radius 3 is 3.00 bits per heavy atom. The molecular formula is C9H18N2O2. The van der Waals surface area contributed by atoms with Gasteiger partial charge in [0.1, 0.15) is 0 Å². The Kier molecular flexibility index (Phi) is 4.78. The molecule has 13 heavy (non-hydrogen) atoms. The quantitative estimate of drug-likeness (QED) is 0.588. The molecule has 0 bridgehead atoms. The van der Waals surface area contributed by atoms with Crippen molar-refractivity contribution in [3.05, 3.63) is 0 Å². The molecule has 76 valence electrons. The number of unbranched alkanes of at least 4 members (excludes halogenated alkanes) is 1. The molecule has 0 spiro atoms. The Hall–Kier alpha value is -0.610. The normalized spacial score (nSPS) is 21.8. The van der Waals surface area contributed by atoms with Crippen LogP contribution in [0.3, 0.4) is 0 Å². The van der Waals surface area contributed by atoms with Crippen LogP contribution in [0.5, 0.6) is 0 Å². The van der Waals surface area contributed by atoms with Crippen LogP contribution < -0.4 is 11.1 Å². The summed E-state index contributed by atoms with van der Waals surface area (Å²) in [5.41, 5.74) is 5.33. The van der Waals surface area contributed by atoms with E-state index >= 15 is 0 Å². The Morgan fingerprint density at radius 2 is 2.38 bits per heavy atom. The van der Waals surface area contributed by atoms with Gasteiger partial charge >= 0.3 is 0 Å². The lowest BCUT2D eigenvalue weighted by molar-refractivity contribution is -0.124. The first-order valence-electron chi connectivity index (χ1n) is 4.90. The van der Waals surface area contributed by atoms with Crippen molar-refractivity contribution in [3.8, 4) is 0 Å². The average Bonchev–Trinajstić information content (AvgIpc) is 2.65. The highest BCUT2D eigenvalue weighted by Crippen LogP contribution is 2.11. The molecule has 0 aliphatic carbocycles. The van der Waals surface area contributed by atoms with Gasteiger partial charge in [-0.3, -0.25) is 4.79 Å². The summed E-state index contributed by atoms with van der Waals surface area (Å²) in [4.78, 5) is 11.4. The first kappa shape index (κ1) is 10.5. The van der Waals surface area contributed by atoms with Crippen LogP contribution in [-0.4, -0.2) is 32.2 Å². The van der Waals surface area contributed by atoms with E-state index in [4.69, 9.17) is 10.5 Å². The number of hydrogen-bond acceptors (Lipinski definition) is 3. The predicted molar refractivity (Wildman–Crippen MR) is 50.2 cm³/mol. The molecule has 1 heterocycles. The number of carbonyl (C=O) groups excluding carboxylic acids is 1. The summed E-state index contributed by atoms with van der Waals surface area (Å²) >= 11 is 0. The molecule has 3 N–H and O–H groups in total. The Morgan fingerprint density at radius 1 is 1.54 bits per heavy atom.